The van der Waals surface area contributed by atoms with E-state index in [1.54, 1.807) is 13.8 Å². The summed E-state index contributed by atoms with van der Waals surface area (Å²) >= 11 is 0. The van der Waals surface area contributed by atoms with Gasteiger partial charge in [0.25, 0.3) is 0 Å². The molecule has 0 aromatic carbocycles. The molecule has 3 rings (SSSR count). The molecule has 2 aliphatic carbocycles. The zero-order chi connectivity index (χ0) is 16.9. The maximum Gasteiger partial charge on any atom is 0.344 e. The summed E-state index contributed by atoms with van der Waals surface area (Å²) in [5.74, 6) is -2.20. The second-order valence-electron chi connectivity index (χ2n) is 6.92. The van der Waals surface area contributed by atoms with Crippen molar-refractivity contribution in [3.8, 4) is 6.07 Å². The summed E-state index contributed by atoms with van der Waals surface area (Å²) in [6.45, 7) is 4.84. The van der Waals surface area contributed by atoms with Crippen LogP contribution < -0.4 is 0 Å². The molecule has 2 saturated carbocycles. The van der Waals surface area contributed by atoms with Crippen LogP contribution in [0.15, 0.2) is 0 Å². The van der Waals surface area contributed by atoms with Gasteiger partial charge in [-0.3, -0.25) is 9.59 Å². The standard InChI is InChI=1S/C16H19NO6/c1-7(2)14(19)21-5-10(18)22-12-9-4-16(6-17)11(8(9)3)13(12)23-15(16)20/h7-9,11-13H,4-5H2,1-3H3. The minimum atomic E-state index is -1.08. The summed E-state index contributed by atoms with van der Waals surface area (Å²) < 4.78 is 15.6. The highest BCUT2D eigenvalue weighted by Gasteiger charge is 2.75. The van der Waals surface area contributed by atoms with Crippen LogP contribution in [-0.2, 0) is 28.6 Å². The van der Waals surface area contributed by atoms with Crippen molar-refractivity contribution >= 4 is 17.9 Å². The topological polar surface area (TPSA) is 103 Å². The Morgan fingerprint density at radius 3 is 2.78 bits per heavy atom. The van der Waals surface area contributed by atoms with E-state index in [9.17, 15) is 19.6 Å². The second kappa shape index (κ2) is 5.22. The third-order valence-electron chi connectivity index (χ3n) is 5.35. The van der Waals surface area contributed by atoms with E-state index in [0.717, 1.165) is 0 Å². The van der Waals surface area contributed by atoms with E-state index in [0.29, 0.717) is 6.42 Å². The molecular weight excluding hydrogens is 302 g/mol. The van der Waals surface area contributed by atoms with Crippen LogP contribution in [-0.4, -0.2) is 36.7 Å². The molecule has 0 amide bonds. The molecule has 2 bridgehead atoms. The van der Waals surface area contributed by atoms with Gasteiger partial charge in [-0.15, -0.1) is 0 Å². The summed E-state index contributed by atoms with van der Waals surface area (Å²) in [6.07, 6.45) is -0.775. The lowest BCUT2D eigenvalue weighted by Crippen LogP contribution is -2.40. The first-order valence-electron chi connectivity index (χ1n) is 7.80. The van der Waals surface area contributed by atoms with Gasteiger partial charge in [-0.1, -0.05) is 20.8 Å². The van der Waals surface area contributed by atoms with E-state index in [2.05, 4.69) is 6.07 Å². The molecule has 6 atom stereocenters. The normalized spacial score (nSPS) is 40.0. The van der Waals surface area contributed by atoms with Crippen LogP contribution in [0.1, 0.15) is 27.2 Å². The predicted octanol–water partition coefficient (Wildman–Crippen LogP) is 0.819. The quantitative estimate of drug-likeness (QED) is 0.558. The van der Waals surface area contributed by atoms with Gasteiger partial charge in [-0.2, -0.15) is 5.26 Å². The fourth-order valence-corrected chi connectivity index (χ4v) is 4.24. The lowest BCUT2D eigenvalue weighted by atomic mass is 9.74. The summed E-state index contributed by atoms with van der Waals surface area (Å²) in [7, 11) is 0. The van der Waals surface area contributed by atoms with E-state index in [1.165, 1.54) is 0 Å². The van der Waals surface area contributed by atoms with Gasteiger partial charge in [-0.25, -0.2) is 4.79 Å². The average Bonchev–Trinajstić information content (AvgIpc) is 3.02. The van der Waals surface area contributed by atoms with Crippen molar-refractivity contribution in [2.45, 2.75) is 39.4 Å². The van der Waals surface area contributed by atoms with Crippen LogP contribution in [0, 0.1) is 40.4 Å². The average molecular weight is 321 g/mol. The van der Waals surface area contributed by atoms with E-state index >= 15 is 0 Å². The minimum Gasteiger partial charge on any atom is -0.457 e. The zero-order valence-electron chi connectivity index (χ0n) is 13.3. The van der Waals surface area contributed by atoms with E-state index in [1.807, 2.05) is 6.92 Å². The molecule has 3 fully saturated rings. The Bertz CT molecular complexity index is 608. The van der Waals surface area contributed by atoms with Gasteiger partial charge in [0.2, 0.25) is 0 Å². The Morgan fingerprint density at radius 1 is 1.48 bits per heavy atom. The Balaban J connectivity index is 1.66. The maximum absolute atomic E-state index is 12.1. The molecule has 3 aliphatic rings. The highest BCUT2D eigenvalue weighted by molar-refractivity contribution is 5.85. The van der Waals surface area contributed by atoms with Gasteiger partial charge in [0.05, 0.1) is 12.0 Å². The third kappa shape index (κ3) is 2.12. The smallest absolute Gasteiger partial charge is 0.344 e. The summed E-state index contributed by atoms with van der Waals surface area (Å²) in [6, 6.07) is 2.12. The van der Waals surface area contributed by atoms with Crippen molar-refractivity contribution in [1.82, 2.24) is 0 Å². The first-order chi connectivity index (χ1) is 10.8. The minimum absolute atomic E-state index is 0.0714. The van der Waals surface area contributed by atoms with Crippen LogP contribution in [0.5, 0.6) is 0 Å². The van der Waals surface area contributed by atoms with Crippen molar-refractivity contribution in [2.75, 3.05) is 6.61 Å². The monoisotopic (exact) mass is 321 g/mol. The number of fused-ring (bicyclic) bond motifs is 1. The maximum atomic E-state index is 12.1. The third-order valence-corrected chi connectivity index (χ3v) is 5.35. The lowest BCUT2D eigenvalue weighted by molar-refractivity contribution is -0.170. The molecule has 124 valence electrons. The van der Waals surface area contributed by atoms with Gasteiger partial charge in [0, 0.05) is 11.8 Å². The molecule has 1 aliphatic heterocycles. The molecule has 6 unspecified atom stereocenters. The predicted molar refractivity (Wildman–Crippen MR) is 74.4 cm³/mol. The van der Waals surface area contributed by atoms with Crippen molar-refractivity contribution in [2.24, 2.45) is 29.1 Å². The number of carbonyl (C=O) groups excluding carboxylic acids is 3. The van der Waals surface area contributed by atoms with Gasteiger partial charge in [0.15, 0.2) is 12.0 Å². The van der Waals surface area contributed by atoms with Crippen LogP contribution in [0.4, 0.5) is 0 Å². The number of nitriles is 1. The second-order valence-corrected chi connectivity index (χ2v) is 6.92. The van der Waals surface area contributed by atoms with Crippen LogP contribution in [0.3, 0.4) is 0 Å². The lowest BCUT2D eigenvalue weighted by Gasteiger charge is -2.27. The van der Waals surface area contributed by atoms with Crippen molar-refractivity contribution in [1.29, 1.82) is 5.26 Å². The van der Waals surface area contributed by atoms with Crippen LogP contribution >= 0.6 is 0 Å². The van der Waals surface area contributed by atoms with Gasteiger partial charge in [0.1, 0.15) is 12.2 Å². The van der Waals surface area contributed by atoms with Crippen molar-refractivity contribution in [3.63, 3.8) is 0 Å². The molecule has 0 radical (unpaired) electrons. The summed E-state index contributed by atoms with van der Waals surface area (Å²) in [4.78, 5) is 35.3. The molecule has 1 saturated heterocycles. The summed E-state index contributed by atoms with van der Waals surface area (Å²) in [5, 5.41) is 9.40. The first-order valence-corrected chi connectivity index (χ1v) is 7.80. The number of ether oxygens (including phenoxy) is 3. The Morgan fingerprint density at radius 2 is 2.17 bits per heavy atom. The molecule has 7 heteroatoms. The molecule has 7 nitrogen and oxygen atoms in total. The largest absolute Gasteiger partial charge is 0.457 e. The molecular formula is C16H19NO6. The van der Waals surface area contributed by atoms with E-state index < -0.39 is 42.1 Å². The first kappa shape index (κ1) is 15.8. The van der Waals surface area contributed by atoms with Crippen LogP contribution in [0.2, 0.25) is 0 Å². The van der Waals surface area contributed by atoms with Crippen LogP contribution in [0.25, 0.3) is 0 Å². The van der Waals surface area contributed by atoms with Gasteiger partial charge < -0.3 is 14.2 Å². The molecule has 0 aromatic rings. The molecule has 1 heterocycles. The molecule has 23 heavy (non-hydrogen) atoms. The van der Waals surface area contributed by atoms with Crippen molar-refractivity contribution in [3.05, 3.63) is 0 Å². The highest BCUT2D eigenvalue weighted by atomic mass is 16.6. The van der Waals surface area contributed by atoms with Gasteiger partial charge in [-0.05, 0) is 12.3 Å². The zero-order valence-corrected chi connectivity index (χ0v) is 13.3. The molecule has 0 spiro atoms. The number of hydrogen-bond acceptors (Lipinski definition) is 7. The summed E-state index contributed by atoms with van der Waals surface area (Å²) in [5.41, 5.74) is -1.08. The number of esters is 3. The van der Waals surface area contributed by atoms with E-state index in [4.69, 9.17) is 14.2 Å². The Labute approximate surface area is 133 Å². The highest BCUT2D eigenvalue weighted by Crippen LogP contribution is 2.64. The Hall–Kier alpha value is -2.10. The number of rotatable bonds is 4. The molecule has 0 aromatic heterocycles. The fourth-order valence-electron chi connectivity index (χ4n) is 4.24. The number of hydrogen-bond donors (Lipinski definition) is 0. The SMILES string of the molecule is CC(C)C(=O)OCC(=O)OC1C2CC3(C#N)C(=O)OC1C3C2C. The number of nitrogens with zero attached hydrogens (tertiary/aromatic N) is 1. The van der Waals surface area contributed by atoms with E-state index in [-0.39, 0.29) is 23.7 Å². The van der Waals surface area contributed by atoms with Crippen molar-refractivity contribution < 1.29 is 28.6 Å². The van der Waals surface area contributed by atoms with Gasteiger partial charge >= 0.3 is 17.9 Å². The fraction of sp³-hybridized carbons (Fsp3) is 0.750. The molecule has 0 N–H and O–H groups in total. The Kier molecular flexibility index (Phi) is 3.58. The number of carbonyl (C=O) groups is 3.